The largest absolute Gasteiger partial charge is 0.423 e. The lowest BCUT2D eigenvalue weighted by Crippen LogP contribution is -2.36. The number of carbonyl (C=O) groups excluding carboxylic acids is 1. The van der Waals surface area contributed by atoms with Crippen LogP contribution in [0.5, 0.6) is 0 Å². The summed E-state index contributed by atoms with van der Waals surface area (Å²) in [5.74, 6) is -0.122. The maximum atomic E-state index is 12.1. The molecule has 2 aromatic rings. The summed E-state index contributed by atoms with van der Waals surface area (Å²) in [5.41, 5.74) is 1.40. The molecule has 1 aliphatic rings. The van der Waals surface area contributed by atoms with Crippen LogP contribution in [-0.2, 0) is 4.79 Å². The zero-order valence-electron chi connectivity index (χ0n) is 13.0. The average Bonchev–Trinajstić information content (AvgIpc) is 2.96. The quantitative estimate of drug-likeness (QED) is 0.890. The Labute approximate surface area is 143 Å². The molecule has 1 saturated heterocycles. The fourth-order valence-electron chi connectivity index (χ4n) is 2.88. The molecule has 0 aliphatic carbocycles. The van der Waals surface area contributed by atoms with Gasteiger partial charge >= 0.3 is 0 Å². The third kappa shape index (κ3) is 4.14. The van der Waals surface area contributed by atoms with Crippen molar-refractivity contribution in [1.82, 2.24) is 10.3 Å². The number of piperidine rings is 1. The van der Waals surface area contributed by atoms with Crippen molar-refractivity contribution in [2.45, 2.75) is 25.7 Å². The van der Waals surface area contributed by atoms with Crippen LogP contribution in [0.25, 0.3) is 11.1 Å². The van der Waals surface area contributed by atoms with E-state index in [-0.39, 0.29) is 18.2 Å². The zero-order chi connectivity index (χ0) is 17.1. The number of fused-ring (bicyclic) bond motifs is 1. The molecular weight excluding hydrogens is 340 g/mol. The van der Waals surface area contributed by atoms with E-state index in [2.05, 4.69) is 10.3 Å². The van der Waals surface area contributed by atoms with Gasteiger partial charge in [-0.3, -0.25) is 4.79 Å². The van der Waals surface area contributed by atoms with Gasteiger partial charge in [0, 0.05) is 30.6 Å². The third-order valence-corrected chi connectivity index (χ3v) is 4.39. The maximum absolute atomic E-state index is 12.1. The molecule has 1 N–H and O–H groups in total. The van der Waals surface area contributed by atoms with Crippen molar-refractivity contribution in [3.05, 3.63) is 23.2 Å². The number of nitrogens with zero attached hydrogens (tertiary/aromatic N) is 2. The summed E-state index contributed by atoms with van der Waals surface area (Å²) >= 11 is 5.94. The molecule has 0 unspecified atom stereocenters. The first-order chi connectivity index (χ1) is 11.5. The molecule has 0 saturated carbocycles. The molecule has 1 amide bonds. The number of carbonyl (C=O) groups is 1. The molecule has 0 spiro atoms. The van der Waals surface area contributed by atoms with Crippen molar-refractivity contribution >= 4 is 34.6 Å². The third-order valence-electron chi connectivity index (χ3n) is 4.15. The summed E-state index contributed by atoms with van der Waals surface area (Å²) in [5, 5.41) is 2.85. The van der Waals surface area contributed by atoms with E-state index in [0.29, 0.717) is 29.7 Å². The van der Waals surface area contributed by atoms with E-state index in [1.165, 1.54) is 0 Å². The summed E-state index contributed by atoms with van der Waals surface area (Å²) in [6.45, 7) is 0.851. The van der Waals surface area contributed by atoms with E-state index >= 15 is 0 Å². The van der Waals surface area contributed by atoms with Crippen LogP contribution in [0.4, 0.5) is 14.8 Å². The van der Waals surface area contributed by atoms with Crippen LogP contribution in [0.1, 0.15) is 19.3 Å². The van der Waals surface area contributed by atoms with Crippen molar-refractivity contribution in [3.63, 3.8) is 0 Å². The van der Waals surface area contributed by atoms with Gasteiger partial charge in [-0.2, -0.15) is 4.98 Å². The molecule has 130 valence electrons. The van der Waals surface area contributed by atoms with E-state index in [4.69, 9.17) is 16.0 Å². The van der Waals surface area contributed by atoms with Crippen LogP contribution < -0.4 is 10.2 Å². The monoisotopic (exact) mass is 357 g/mol. The normalized spacial score (nSPS) is 16.1. The SMILES string of the molecule is O=C(CC1CCN(c2nc3ccc(Cl)cc3o2)CC1)NCC(F)F. The van der Waals surface area contributed by atoms with E-state index < -0.39 is 13.0 Å². The number of benzene rings is 1. The molecule has 0 bridgehead atoms. The van der Waals surface area contributed by atoms with E-state index in [1.807, 2.05) is 11.0 Å². The molecule has 3 rings (SSSR count). The number of anilines is 1. The van der Waals surface area contributed by atoms with Crippen LogP contribution >= 0.6 is 11.6 Å². The highest BCUT2D eigenvalue weighted by Gasteiger charge is 2.24. The Morgan fingerprint density at radius 3 is 2.88 bits per heavy atom. The van der Waals surface area contributed by atoms with Gasteiger partial charge in [0.2, 0.25) is 5.91 Å². The number of oxazole rings is 1. The van der Waals surface area contributed by atoms with Crippen molar-refractivity contribution < 1.29 is 18.0 Å². The Kier molecular flexibility index (Phi) is 5.18. The number of nitrogens with one attached hydrogen (secondary N) is 1. The van der Waals surface area contributed by atoms with Gasteiger partial charge in [-0.1, -0.05) is 11.6 Å². The highest BCUT2D eigenvalue weighted by Crippen LogP contribution is 2.28. The van der Waals surface area contributed by atoms with E-state index in [1.54, 1.807) is 12.1 Å². The summed E-state index contributed by atoms with van der Waals surface area (Å²) in [6.07, 6.45) is -0.643. The van der Waals surface area contributed by atoms with Crippen LogP contribution in [0.15, 0.2) is 22.6 Å². The fraction of sp³-hybridized carbons (Fsp3) is 0.500. The van der Waals surface area contributed by atoms with E-state index in [0.717, 1.165) is 18.4 Å². The summed E-state index contributed by atoms with van der Waals surface area (Å²) in [7, 11) is 0. The predicted octanol–water partition coefficient (Wildman–Crippen LogP) is 3.47. The molecule has 2 heterocycles. The minimum absolute atomic E-state index is 0.192. The van der Waals surface area contributed by atoms with Crippen LogP contribution in [0.2, 0.25) is 5.02 Å². The maximum Gasteiger partial charge on any atom is 0.298 e. The van der Waals surface area contributed by atoms with Crippen molar-refractivity contribution in [2.75, 3.05) is 24.5 Å². The number of aromatic nitrogens is 1. The molecule has 8 heteroatoms. The van der Waals surface area contributed by atoms with Gasteiger partial charge < -0.3 is 14.6 Å². The molecule has 0 atom stereocenters. The number of alkyl halides is 2. The van der Waals surface area contributed by atoms with E-state index in [9.17, 15) is 13.6 Å². The zero-order valence-corrected chi connectivity index (χ0v) is 13.7. The van der Waals surface area contributed by atoms with Crippen LogP contribution in [0.3, 0.4) is 0 Å². The molecule has 24 heavy (non-hydrogen) atoms. The lowest BCUT2D eigenvalue weighted by atomic mass is 9.93. The molecular formula is C16H18ClF2N3O2. The first-order valence-electron chi connectivity index (χ1n) is 7.87. The van der Waals surface area contributed by atoms with Crippen LogP contribution in [-0.4, -0.2) is 37.0 Å². The van der Waals surface area contributed by atoms with Crippen LogP contribution in [0, 0.1) is 5.92 Å². The van der Waals surface area contributed by atoms with Gasteiger partial charge in [0.25, 0.3) is 12.4 Å². The molecule has 1 aromatic carbocycles. The lowest BCUT2D eigenvalue weighted by molar-refractivity contribution is -0.122. The number of halogens is 3. The highest BCUT2D eigenvalue weighted by molar-refractivity contribution is 6.31. The number of hydrogen-bond acceptors (Lipinski definition) is 4. The number of hydrogen-bond donors (Lipinski definition) is 1. The number of amides is 1. The van der Waals surface area contributed by atoms with Gasteiger partial charge in [-0.05, 0) is 30.9 Å². The predicted molar refractivity (Wildman–Crippen MR) is 87.6 cm³/mol. The molecule has 0 radical (unpaired) electrons. The minimum Gasteiger partial charge on any atom is -0.423 e. The minimum atomic E-state index is -2.51. The van der Waals surface area contributed by atoms with Gasteiger partial charge in [0.15, 0.2) is 5.58 Å². The molecule has 5 nitrogen and oxygen atoms in total. The van der Waals surface area contributed by atoms with Gasteiger partial charge in [0.05, 0.1) is 6.54 Å². The standard InChI is InChI=1S/C16H18ClF2N3O2/c17-11-1-2-12-13(8-11)24-16(21-12)22-5-3-10(4-6-22)7-15(23)20-9-14(18)19/h1-2,8,10,14H,3-7,9H2,(H,20,23). The molecule has 1 aromatic heterocycles. The highest BCUT2D eigenvalue weighted by atomic mass is 35.5. The smallest absolute Gasteiger partial charge is 0.298 e. The first-order valence-corrected chi connectivity index (χ1v) is 8.25. The van der Waals surface area contributed by atoms with Gasteiger partial charge in [-0.25, -0.2) is 8.78 Å². The summed E-state index contributed by atoms with van der Waals surface area (Å²) < 4.78 is 29.9. The Hall–Kier alpha value is -1.89. The fourth-order valence-corrected chi connectivity index (χ4v) is 3.04. The lowest BCUT2D eigenvalue weighted by Gasteiger charge is -2.30. The second-order valence-corrected chi connectivity index (χ2v) is 6.37. The molecule has 1 aliphatic heterocycles. The van der Waals surface area contributed by atoms with Crippen molar-refractivity contribution in [2.24, 2.45) is 5.92 Å². The second kappa shape index (κ2) is 7.34. The van der Waals surface area contributed by atoms with Gasteiger partial charge in [0.1, 0.15) is 5.52 Å². The molecule has 1 fully saturated rings. The Morgan fingerprint density at radius 1 is 1.42 bits per heavy atom. The van der Waals surface area contributed by atoms with Gasteiger partial charge in [-0.15, -0.1) is 0 Å². The van der Waals surface area contributed by atoms with Crippen molar-refractivity contribution in [1.29, 1.82) is 0 Å². The second-order valence-electron chi connectivity index (χ2n) is 5.94. The topological polar surface area (TPSA) is 58.4 Å². The Balaban J connectivity index is 1.53. The average molecular weight is 358 g/mol. The number of rotatable bonds is 5. The summed E-state index contributed by atoms with van der Waals surface area (Å²) in [4.78, 5) is 18.1. The van der Waals surface area contributed by atoms with Crippen molar-refractivity contribution in [3.8, 4) is 0 Å². The Bertz CT molecular complexity index is 714. The first kappa shape index (κ1) is 17.0. The summed E-state index contributed by atoms with van der Waals surface area (Å²) in [6, 6.07) is 5.85. The Morgan fingerprint density at radius 2 is 2.17 bits per heavy atom.